The van der Waals surface area contributed by atoms with E-state index in [2.05, 4.69) is 20.5 Å². The molecule has 0 aliphatic heterocycles. The van der Waals surface area contributed by atoms with E-state index in [0.717, 1.165) is 22.3 Å². The first-order valence-electron chi connectivity index (χ1n) is 9.71. The summed E-state index contributed by atoms with van der Waals surface area (Å²) in [5, 5.41) is 13.6. The highest BCUT2D eigenvalue weighted by Crippen LogP contribution is 2.29. The molecule has 0 saturated carbocycles. The van der Waals surface area contributed by atoms with E-state index in [1.807, 2.05) is 47.0 Å². The summed E-state index contributed by atoms with van der Waals surface area (Å²) in [5.41, 5.74) is 2.36. The van der Waals surface area contributed by atoms with Crippen molar-refractivity contribution in [3.63, 3.8) is 0 Å². The topological polar surface area (TPSA) is 85.8 Å². The summed E-state index contributed by atoms with van der Waals surface area (Å²) in [4.78, 5) is 17.0. The summed E-state index contributed by atoms with van der Waals surface area (Å²) < 4.78 is 7.36. The number of aromatic nitrogens is 4. The van der Waals surface area contributed by atoms with Crippen LogP contribution in [-0.4, -0.2) is 31.4 Å². The van der Waals surface area contributed by atoms with E-state index in [0.29, 0.717) is 21.8 Å². The molecule has 2 aromatic carbocycles. The van der Waals surface area contributed by atoms with E-state index in [9.17, 15) is 4.79 Å². The van der Waals surface area contributed by atoms with E-state index in [1.165, 1.54) is 11.8 Å². The molecule has 0 fully saturated rings. The Bertz CT molecular complexity index is 1380. The molecule has 158 valence electrons. The molecule has 32 heavy (non-hydrogen) atoms. The molecular weight excluding hydrogens is 446 g/mol. The second-order valence-electron chi connectivity index (χ2n) is 6.81. The van der Waals surface area contributed by atoms with E-state index in [4.69, 9.17) is 16.0 Å². The standard InChI is InChI=1S/C23H16ClN5O2S/c24-15-7-9-16(10-8-15)29-22(20-6-3-13-31-20)27-28-23(29)32-14-21(30)26-19-11-12-25-18-5-2-1-4-17(18)19/h1-13H,14H2,(H,25,26,30). The summed E-state index contributed by atoms with van der Waals surface area (Å²) >= 11 is 7.34. The normalized spacial score (nSPS) is 11.0. The van der Waals surface area contributed by atoms with Crippen LogP contribution in [0.3, 0.4) is 0 Å². The number of anilines is 1. The van der Waals surface area contributed by atoms with E-state index >= 15 is 0 Å². The number of nitrogens with zero attached hydrogens (tertiary/aromatic N) is 4. The SMILES string of the molecule is O=C(CSc1nnc(-c2ccco2)n1-c1ccc(Cl)cc1)Nc1ccnc2ccccc12. The van der Waals surface area contributed by atoms with Crippen LogP contribution in [0.2, 0.25) is 5.02 Å². The first-order valence-corrected chi connectivity index (χ1v) is 11.1. The van der Waals surface area contributed by atoms with Gasteiger partial charge in [0, 0.05) is 22.3 Å². The molecule has 1 amide bonds. The number of pyridine rings is 1. The average Bonchev–Trinajstić information content (AvgIpc) is 3.48. The van der Waals surface area contributed by atoms with Crippen LogP contribution >= 0.6 is 23.4 Å². The molecule has 5 rings (SSSR count). The number of furan rings is 1. The number of rotatable bonds is 6. The molecular formula is C23H16ClN5O2S. The predicted molar refractivity (Wildman–Crippen MR) is 125 cm³/mol. The van der Waals surface area contributed by atoms with Crippen molar-refractivity contribution in [1.29, 1.82) is 0 Å². The van der Waals surface area contributed by atoms with Crippen molar-refractivity contribution in [3.05, 3.63) is 84.2 Å². The number of carbonyl (C=O) groups is 1. The number of hydrogen-bond donors (Lipinski definition) is 1. The molecule has 0 radical (unpaired) electrons. The molecule has 0 aliphatic carbocycles. The van der Waals surface area contributed by atoms with Crippen LogP contribution < -0.4 is 5.32 Å². The third kappa shape index (κ3) is 4.10. The highest BCUT2D eigenvalue weighted by atomic mass is 35.5. The number of halogens is 1. The number of benzene rings is 2. The Morgan fingerprint density at radius 1 is 1.03 bits per heavy atom. The second kappa shape index (κ2) is 8.86. The van der Waals surface area contributed by atoms with E-state index < -0.39 is 0 Å². The highest BCUT2D eigenvalue weighted by molar-refractivity contribution is 7.99. The maximum Gasteiger partial charge on any atom is 0.234 e. The molecule has 0 aliphatic rings. The smallest absolute Gasteiger partial charge is 0.234 e. The largest absolute Gasteiger partial charge is 0.461 e. The van der Waals surface area contributed by atoms with Crippen LogP contribution in [0, 0.1) is 0 Å². The minimum Gasteiger partial charge on any atom is -0.461 e. The van der Waals surface area contributed by atoms with Gasteiger partial charge in [-0.1, -0.05) is 41.6 Å². The summed E-state index contributed by atoms with van der Waals surface area (Å²) in [6.07, 6.45) is 3.26. The fourth-order valence-electron chi connectivity index (χ4n) is 3.27. The third-order valence-electron chi connectivity index (χ3n) is 4.72. The Labute approximate surface area is 192 Å². The van der Waals surface area contributed by atoms with Crippen molar-refractivity contribution in [3.8, 4) is 17.3 Å². The van der Waals surface area contributed by atoms with Crippen LogP contribution in [0.5, 0.6) is 0 Å². The van der Waals surface area contributed by atoms with Gasteiger partial charge in [-0.05, 0) is 48.5 Å². The molecule has 1 N–H and O–H groups in total. The molecule has 3 heterocycles. The van der Waals surface area contributed by atoms with Gasteiger partial charge in [0.1, 0.15) is 0 Å². The molecule has 3 aromatic heterocycles. The Morgan fingerprint density at radius 2 is 1.88 bits per heavy atom. The summed E-state index contributed by atoms with van der Waals surface area (Å²) in [5.74, 6) is 1.12. The number of hydrogen-bond acceptors (Lipinski definition) is 6. The zero-order valence-electron chi connectivity index (χ0n) is 16.6. The van der Waals surface area contributed by atoms with Crippen LogP contribution in [-0.2, 0) is 4.79 Å². The highest BCUT2D eigenvalue weighted by Gasteiger charge is 2.19. The molecule has 7 nitrogen and oxygen atoms in total. The van der Waals surface area contributed by atoms with Crippen LogP contribution in [0.25, 0.3) is 28.2 Å². The molecule has 0 unspecified atom stereocenters. The monoisotopic (exact) mass is 461 g/mol. The van der Waals surface area contributed by atoms with Crippen molar-refractivity contribution < 1.29 is 9.21 Å². The van der Waals surface area contributed by atoms with Crippen molar-refractivity contribution >= 4 is 45.9 Å². The number of nitrogens with one attached hydrogen (secondary N) is 1. The molecule has 0 bridgehead atoms. The lowest BCUT2D eigenvalue weighted by Crippen LogP contribution is -2.15. The molecule has 9 heteroatoms. The lowest BCUT2D eigenvalue weighted by molar-refractivity contribution is -0.113. The maximum atomic E-state index is 12.7. The lowest BCUT2D eigenvalue weighted by Gasteiger charge is -2.10. The van der Waals surface area contributed by atoms with Crippen molar-refractivity contribution in [2.24, 2.45) is 0 Å². The fourth-order valence-corrected chi connectivity index (χ4v) is 4.15. The lowest BCUT2D eigenvalue weighted by atomic mass is 10.2. The van der Waals surface area contributed by atoms with Crippen molar-refractivity contribution in [2.45, 2.75) is 5.16 Å². The molecule has 5 aromatic rings. The van der Waals surface area contributed by atoms with Gasteiger partial charge in [0.25, 0.3) is 0 Å². The molecule has 0 spiro atoms. The third-order valence-corrected chi connectivity index (χ3v) is 5.90. The van der Waals surface area contributed by atoms with E-state index in [1.54, 1.807) is 36.7 Å². The van der Waals surface area contributed by atoms with Crippen molar-refractivity contribution in [2.75, 3.05) is 11.1 Å². The number of fused-ring (bicyclic) bond motifs is 1. The van der Waals surface area contributed by atoms with Gasteiger partial charge in [-0.3, -0.25) is 14.3 Å². The number of para-hydroxylation sites is 1. The summed E-state index contributed by atoms with van der Waals surface area (Å²) in [7, 11) is 0. The zero-order valence-corrected chi connectivity index (χ0v) is 18.2. The summed E-state index contributed by atoms with van der Waals surface area (Å²) in [6.45, 7) is 0. The number of carbonyl (C=O) groups excluding carboxylic acids is 1. The van der Waals surface area contributed by atoms with Crippen LogP contribution in [0.4, 0.5) is 5.69 Å². The Morgan fingerprint density at radius 3 is 2.69 bits per heavy atom. The fraction of sp³-hybridized carbons (Fsp3) is 0.0435. The minimum absolute atomic E-state index is 0.153. The van der Waals surface area contributed by atoms with Gasteiger partial charge in [0.05, 0.1) is 23.2 Å². The average molecular weight is 462 g/mol. The van der Waals surface area contributed by atoms with Gasteiger partial charge in [-0.2, -0.15) is 0 Å². The maximum absolute atomic E-state index is 12.7. The first-order chi connectivity index (χ1) is 15.7. The van der Waals surface area contributed by atoms with Crippen molar-refractivity contribution in [1.82, 2.24) is 19.7 Å². The summed E-state index contributed by atoms with van der Waals surface area (Å²) in [6, 6.07) is 20.4. The van der Waals surface area contributed by atoms with Crippen LogP contribution in [0.15, 0.2) is 88.8 Å². The minimum atomic E-state index is -0.156. The van der Waals surface area contributed by atoms with Gasteiger partial charge in [-0.25, -0.2) is 0 Å². The zero-order chi connectivity index (χ0) is 21.9. The number of amides is 1. The van der Waals surface area contributed by atoms with Gasteiger partial charge < -0.3 is 9.73 Å². The predicted octanol–water partition coefficient (Wildman–Crippen LogP) is 5.46. The van der Waals surface area contributed by atoms with Crippen LogP contribution in [0.1, 0.15) is 0 Å². The van der Waals surface area contributed by atoms with Gasteiger partial charge in [0.2, 0.25) is 11.7 Å². The molecule has 0 atom stereocenters. The Balaban J connectivity index is 1.39. The Hall–Kier alpha value is -3.62. The van der Waals surface area contributed by atoms with E-state index in [-0.39, 0.29) is 11.7 Å². The van der Waals surface area contributed by atoms with Gasteiger partial charge in [-0.15, -0.1) is 10.2 Å². The first kappa shape index (κ1) is 20.3. The molecule has 0 saturated heterocycles. The quantitative estimate of drug-likeness (QED) is 0.338. The second-order valence-corrected chi connectivity index (χ2v) is 8.19. The van der Waals surface area contributed by atoms with Gasteiger partial charge in [0.15, 0.2) is 10.9 Å². The van der Waals surface area contributed by atoms with Gasteiger partial charge >= 0.3 is 0 Å². The number of thioether (sulfide) groups is 1. The Kier molecular flexibility index (Phi) is 5.62.